The van der Waals surface area contributed by atoms with Gasteiger partial charge in [-0.15, -0.1) is 12.6 Å². The molecule has 233 valence electrons. The van der Waals surface area contributed by atoms with Crippen LogP contribution >= 0.6 is 24.4 Å². The molecule has 2 fully saturated rings. The summed E-state index contributed by atoms with van der Waals surface area (Å²) in [7, 11) is 0. The Labute approximate surface area is 301 Å². The van der Waals surface area contributed by atoms with Crippen LogP contribution in [0.2, 0.25) is 0 Å². The molecule has 0 saturated carbocycles. The molecule has 44 heavy (non-hydrogen) atoms. The van der Waals surface area contributed by atoms with Crippen molar-refractivity contribution in [1.82, 2.24) is 16.0 Å². The number of thiol groups is 1. The molecular formula is C37H49N4S2Y-. The van der Waals surface area contributed by atoms with Crippen LogP contribution in [0.5, 0.6) is 0 Å². The molecular weight excluding hydrogens is 653 g/mol. The summed E-state index contributed by atoms with van der Waals surface area (Å²) in [5, 5.41) is 9.86. The Morgan fingerprint density at radius 1 is 0.636 bits per heavy atom. The van der Waals surface area contributed by atoms with Gasteiger partial charge in [-0.1, -0.05) is 66.2 Å². The van der Waals surface area contributed by atoms with Crippen molar-refractivity contribution in [2.75, 3.05) is 57.3 Å². The molecule has 3 N–H and O–H groups in total. The number of benzene rings is 4. The van der Waals surface area contributed by atoms with Crippen LogP contribution in [0, 0.1) is 40.7 Å². The SMILES string of the molecule is C1CNCCN1.Cc1[c-]cccc1.Cc1ccc(S)c(C)c1.Cc1ccc(Sc2ccccc2N2CCNCC2)c(C)c1.[Y]. The van der Waals surface area contributed by atoms with Gasteiger partial charge in [-0.3, -0.25) is 0 Å². The maximum Gasteiger partial charge on any atom is 0.0508 e. The minimum atomic E-state index is 0. The summed E-state index contributed by atoms with van der Waals surface area (Å²) in [5.74, 6) is 0. The van der Waals surface area contributed by atoms with E-state index in [0.717, 1.165) is 57.3 Å². The Kier molecular flexibility index (Phi) is 19.3. The van der Waals surface area contributed by atoms with E-state index in [-0.39, 0.29) is 32.7 Å². The fourth-order valence-electron chi connectivity index (χ4n) is 4.63. The zero-order valence-corrected chi connectivity index (χ0v) is 31.7. The van der Waals surface area contributed by atoms with Crippen LogP contribution < -0.4 is 20.9 Å². The number of nitrogens with one attached hydrogen (secondary N) is 3. The molecule has 0 aromatic heterocycles. The van der Waals surface area contributed by atoms with Gasteiger partial charge < -0.3 is 20.9 Å². The summed E-state index contributed by atoms with van der Waals surface area (Å²) >= 11 is 6.13. The summed E-state index contributed by atoms with van der Waals surface area (Å²) in [6, 6.07) is 32.6. The second kappa shape index (κ2) is 22.0. The molecule has 2 saturated heterocycles. The summed E-state index contributed by atoms with van der Waals surface area (Å²) < 4.78 is 0. The molecule has 0 aliphatic carbocycles. The quantitative estimate of drug-likeness (QED) is 0.132. The predicted molar refractivity (Wildman–Crippen MR) is 190 cm³/mol. The number of anilines is 1. The largest absolute Gasteiger partial charge is 0.368 e. The molecule has 0 unspecified atom stereocenters. The standard InChI is InChI=1S/C18H22N2S.C8H10S.C7H7.C4H10N2.Y/c1-14-7-8-17(15(2)13-14)21-18-6-4-3-5-16(18)20-11-9-19-10-12-20;1-6-3-4-8(9)7(2)5-6;1-7-5-3-2-4-6-7;1-2-6-4-3-5-1;/h3-8,13,19H,9-12H2,1-2H3;3-5,9H,1-2H3;2-5H,1H3;5-6H,1-4H2;/q;;-1;;. The van der Waals surface area contributed by atoms with Gasteiger partial charge in [0.2, 0.25) is 0 Å². The molecule has 2 aliphatic rings. The number of nitrogens with zero attached hydrogens (tertiary/aromatic N) is 1. The molecule has 0 bridgehead atoms. The fraction of sp³-hybridized carbons (Fsp3) is 0.351. The molecule has 4 nitrogen and oxygen atoms in total. The van der Waals surface area contributed by atoms with Gasteiger partial charge in [-0.2, -0.15) is 35.9 Å². The van der Waals surface area contributed by atoms with Gasteiger partial charge in [0.1, 0.15) is 0 Å². The Morgan fingerprint density at radius 2 is 1.20 bits per heavy atom. The average Bonchev–Trinajstić information content (AvgIpc) is 3.03. The molecule has 4 aromatic rings. The van der Waals surface area contributed by atoms with E-state index < -0.39 is 0 Å². The predicted octanol–water partition coefficient (Wildman–Crippen LogP) is 7.43. The van der Waals surface area contributed by atoms with Crippen molar-refractivity contribution in [3.8, 4) is 0 Å². The second-order valence-corrected chi connectivity index (χ2v) is 12.5. The van der Waals surface area contributed by atoms with Crippen molar-refractivity contribution in [2.24, 2.45) is 0 Å². The van der Waals surface area contributed by atoms with Gasteiger partial charge in [0.25, 0.3) is 0 Å². The first kappa shape index (κ1) is 38.5. The number of piperazine rings is 2. The van der Waals surface area contributed by atoms with E-state index in [1.165, 1.54) is 43.3 Å². The van der Waals surface area contributed by atoms with Crippen molar-refractivity contribution in [2.45, 2.75) is 49.3 Å². The van der Waals surface area contributed by atoms with Crippen LogP contribution in [0.15, 0.2) is 99.6 Å². The molecule has 1 radical (unpaired) electrons. The third-order valence-electron chi connectivity index (χ3n) is 7.05. The van der Waals surface area contributed by atoms with E-state index in [1.54, 1.807) is 0 Å². The van der Waals surface area contributed by atoms with Crippen LogP contribution in [0.25, 0.3) is 0 Å². The second-order valence-electron chi connectivity index (χ2n) is 10.9. The van der Waals surface area contributed by atoms with Crippen LogP contribution in [0.1, 0.15) is 27.8 Å². The molecule has 4 aromatic carbocycles. The van der Waals surface area contributed by atoms with Crippen molar-refractivity contribution < 1.29 is 32.7 Å². The molecule has 2 aliphatic heterocycles. The Hall–Kier alpha value is -1.64. The minimum Gasteiger partial charge on any atom is -0.368 e. The third kappa shape index (κ3) is 14.6. The minimum absolute atomic E-state index is 0. The van der Waals surface area contributed by atoms with E-state index in [4.69, 9.17) is 0 Å². The van der Waals surface area contributed by atoms with Crippen LogP contribution in [-0.2, 0) is 32.7 Å². The van der Waals surface area contributed by atoms with Crippen molar-refractivity contribution in [3.63, 3.8) is 0 Å². The van der Waals surface area contributed by atoms with Gasteiger partial charge in [0.15, 0.2) is 0 Å². The van der Waals surface area contributed by atoms with Crippen molar-refractivity contribution in [3.05, 3.63) is 119 Å². The molecule has 0 amide bonds. The molecule has 0 spiro atoms. The fourth-order valence-corrected chi connectivity index (χ4v) is 5.82. The first-order chi connectivity index (χ1) is 20.8. The van der Waals surface area contributed by atoms with Gasteiger partial charge in [-0.25, -0.2) is 0 Å². The van der Waals surface area contributed by atoms with E-state index >= 15 is 0 Å². The topological polar surface area (TPSA) is 39.3 Å². The van der Waals surface area contributed by atoms with Gasteiger partial charge in [0.05, 0.1) is 5.69 Å². The maximum atomic E-state index is 4.25. The first-order valence-electron chi connectivity index (χ1n) is 15.2. The van der Waals surface area contributed by atoms with Crippen LogP contribution in [0.4, 0.5) is 5.69 Å². The Balaban J connectivity index is 0.000000241. The van der Waals surface area contributed by atoms with Gasteiger partial charge >= 0.3 is 0 Å². The average molecular weight is 703 g/mol. The van der Waals surface area contributed by atoms with E-state index in [9.17, 15) is 0 Å². The molecule has 2 heterocycles. The van der Waals surface area contributed by atoms with Crippen LogP contribution in [-0.4, -0.2) is 52.4 Å². The Bertz CT molecular complexity index is 1350. The summed E-state index contributed by atoms with van der Waals surface area (Å²) in [6.07, 6.45) is 0. The molecule has 6 rings (SSSR count). The monoisotopic (exact) mass is 702 g/mol. The van der Waals surface area contributed by atoms with Gasteiger partial charge in [0, 0.05) is 99.8 Å². The van der Waals surface area contributed by atoms with E-state index in [1.807, 2.05) is 49.0 Å². The zero-order chi connectivity index (χ0) is 30.9. The smallest absolute Gasteiger partial charge is 0.0508 e. The number of para-hydroxylation sites is 1. The summed E-state index contributed by atoms with van der Waals surface area (Å²) in [6.45, 7) is 19.4. The first-order valence-corrected chi connectivity index (χ1v) is 16.5. The number of hydrogen-bond acceptors (Lipinski definition) is 6. The van der Waals surface area contributed by atoms with Crippen molar-refractivity contribution >= 4 is 30.1 Å². The van der Waals surface area contributed by atoms with E-state index in [0.29, 0.717) is 0 Å². The molecule has 7 heteroatoms. The van der Waals surface area contributed by atoms with Gasteiger partial charge in [-0.05, 0) is 63.1 Å². The van der Waals surface area contributed by atoms with E-state index in [2.05, 4.69) is 122 Å². The Morgan fingerprint density at radius 3 is 1.70 bits per heavy atom. The maximum absolute atomic E-state index is 4.25. The molecule has 0 atom stereocenters. The summed E-state index contributed by atoms with van der Waals surface area (Å²) in [4.78, 5) is 6.26. The number of rotatable bonds is 3. The number of hydrogen-bond donors (Lipinski definition) is 4. The summed E-state index contributed by atoms with van der Waals surface area (Å²) in [5.41, 5.74) is 7.79. The van der Waals surface area contributed by atoms with Crippen molar-refractivity contribution in [1.29, 1.82) is 0 Å². The number of aryl methyl sites for hydroxylation is 5. The van der Waals surface area contributed by atoms with Crippen LogP contribution in [0.3, 0.4) is 0 Å². The normalized spacial score (nSPS) is 13.9. The third-order valence-corrected chi connectivity index (χ3v) is 8.79. The zero-order valence-electron chi connectivity index (χ0n) is 27.1.